The summed E-state index contributed by atoms with van der Waals surface area (Å²) in [4.78, 5) is 17.3. The van der Waals surface area contributed by atoms with Crippen LogP contribution >= 0.6 is 0 Å². The fraction of sp³-hybridized carbons (Fsp3) is 0.200. The molecular formula is C25H25N3O3. The van der Waals surface area contributed by atoms with Crippen LogP contribution in [-0.4, -0.2) is 29.7 Å². The lowest BCUT2D eigenvalue weighted by molar-refractivity contribution is -0.121. The van der Waals surface area contributed by atoms with Gasteiger partial charge in [-0.05, 0) is 42.0 Å². The molecule has 158 valence electrons. The van der Waals surface area contributed by atoms with Crippen LogP contribution in [0, 0.1) is 0 Å². The molecule has 3 aromatic carbocycles. The summed E-state index contributed by atoms with van der Waals surface area (Å²) in [6.07, 6.45) is 0.894. The molecule has 6 nitrogen and oxygen atoms in total. The molecule has 4 rings (SSSR count). The van der Waals surface area contributed by atoms with E-state index >= 15 is 0 Å². The van der Waals surface area contributed by atoms with Crippen LogP contribution in [0.25, 0.3) is 16.7 Å². The predicted molar refractivity (Wildman–Crippen MR) is 121 cm³/mol. The molecule has 0 fully saturated rings. The fourth-order valence-electron chi connectivity index (χ4n) is 3.61. The number of hydrogen-bond acceptors (Lipinski definition) is 4. The zero-order valence-corrected chi connectivity index (χ0v) is 17.7. The van der Waals surface area contributed by atoms with Crippen LogP contribution in [0.4, 0.5) is 0 Å². The summed E-state index contributed by atoms with van der Waals surface area (Å²) in [6, 6.07) is 23.7. The summed E-state index contributed by atoms with van der Waals surface area (Å²) in [7, 11) is 3.20. The van der Waals surface area contributed by atoms with E-state index in [0.29, 0.717) is 30.9 Å². The van der Waals surface area contributed by atoms with E-state index in [4.69, 9.17) is 14.5 Å². The minimum Gasteiger partial charge on any atom is -0.493 e. The third-order valence-corrected chi connectivity index (χ3v) is 5.16. The van der Waals surface area contributed by atoms with Gasteiger partial charge in [-0.15, -0.1) is 0 Å². The number of fused-ring (bicyclic) bond motifs is 1. The average molecular weight is 415 g/mol. The quantitative estimate of drug-likeness (QED) is 0.466. The monoisotopic (exact) mass is 415 g/mol. The predicted octanol–water partition coefficient (Wildman–Crippen LogP) is 4.29. The highest BCUT2D eigenvalue weighted by Crippen LogP contribution is 2.27. The number of aryl methyl sites for hydroxylation is 1. The number of para-hydroxylation sites is 3. The van der Waals surface area contributed by atoms with Crippen molar-refractivity contribution in [1.29, 1.82) is 0 Å². The highest BCUT2D eigenvalue weighted by Gasteiger charge is 2.14. The highest BCUT2D eigenvalue weighted by atomic mass is 16.5. The SMILES string of the molecule is COc1ccc(CNC(=O)CCc2nc3ccccc3n2-c2ccccc2)cc1OC. The van der Waals surface area contributed by atoms with E-state index in [9.17, 15) is 4.79 Å². The number of rotatable bonds is 8. The first-order valence-electron chi connectivity index (χ1n) is 10.2. The van der Waals surface area contributed by atoms with E-state index in [1.54, 1.807) is 14.2 Å². The van der Waals surface area contributed by atoms with E-state index in [0.717, 1.165) is 28.1 Å². The number of amides is 1. The lowest BCUT2D eigenvalue weighted by Crippen LogP contribution is -2.23. The number of benzene rings is 3. The maximum absolute atomic E-state index is 12.5. The first-order valence-corrected chi connectivity index (χ1v) is 10.2. The van der Waals surface area contributed by atoms with Gasteiger partial charge in [-0.3, -0.25) is 9.36 Å². The topological polar surface area (TPSA) is 65.4 Å². The number of ether oxygens (including phenoxy) is 2. The summed E-state index contributed by atoms with van der Waals surface area (Å²) in [5, 5.41) is 2.98. The first-order chi connectivity index (χ1) is 15.2. The third kappa shape index (κ3) is 4.53. The summed E-state index contributed by atoms with van der Waals surface area (Å²) in [6.45, 7) is 0.425. The minimum absolute atomic E-state index is 0.0264. The Morgan fingerprint density at radius 1 is 0.935 bits per heavy atom. The number of aromatic nitrogens is 2. The van der Waals surface area contributed by atoms with Crippen LogP contribution in [0.3, 0.4) is 0 Å². The summed E-state index contributed by atoms with van der Waals surface area (Å²) >= 11 is 0. The number of imidazole rings is 1. The van der Waals surface area contributed by atoms with Crippen molar-refractivity contribution in [2.75, 3.05) is 14.2 Å². The Bertz CT molecular complexity index is 1190. The molecule has 6 heteroatoms. The van der Waals surface area contributed by atoms with Gasteiger partial charge in [0.1, 0.15) is 5.82 Å². The van der Waals surface area contributed by atoms with E-state index in [-0.39, 0.29) is 5.91 Å². The largest absolute Gasteiger partial charge is 0.493 e. The Kier molecular flexibility index (Phi) is 6.17. The molecule has 4 aromatic rings. The van der Waals surface area contributed by atoms with E-state index in [2.05, 4.69) is 28.1 Å². The van der Waals surface area contributed by atoms with Crippen LogP contribution < -0.4 is 14.8 Å². The van der Waals surface area contributed by atoms with Gasteiger partial charge in [0.2, 0.25) is 5.91 Å². The molecule has 0 aliphatic rings. The van der Waals surface area contributed by atoms with Crippen LogP contribution in [0.5, 0.6) is 11.5 Å². The standard InChI is InChI=1S/C25H25N3O3/c1-30-22-13-12-18(16-23(22)31-2)17-26-25(29)15-14-24-27-20-10-6-7-11-21(20)28(24)19-8-4-3-5-9-19/h3-13,16H,14-15,17H2,1-2H3,(H,26,29). The van der Waals surface area contributed by atoms with Gasteiger partial charge in [-0.1, -0.05) is 36.4 Å². The number of methoxy groups -OCH3 is 2. The van der Waals surface area contributed by atoms with Gasteiger partial charge in [0.25, 0.3) is 0 Å². The summed E-state index contributed by atoms with van der Waals surface area (Å²) < 4.78 is 12.7. The fourth-order valence-corrected chi connectivity index (χ4v) is 3.61. The number of carbonyl (C=O) groups is 1. The van der Waals surface area contributed by atoms with Gasteiger partial charge in [0.15, 0.2) is 11.5 Å². The van der Waals surface area contributed by atoms with Gasteiger partial charge >= 0.3 is 0 Å². The van der Waals surface area contributed by atoms with Crippen LogP contribution in [0.1, 0.15) is 17.8 Å². The molecule has 1 heterocycles. The van der Waals surface area contributed by atoms with E-state index in [1.165, 1.54) is 0 Å². The molecule has 0 spiro atoms. The van der Waals surface area contributed by atoms with E-state index < -0.39 is 0 Å². The maximum atomic E-state index is 12.5. The molecule has 0 radical (unpaired) electrons. The van der Waals surface area contributed by atoms with Gasteiger partial charge in [0, 0.05) is 25.1 Å². The van der Waals surface area contributed by atoms with Crippen molar-refractivity contribution in [3.05, 3.63) is 84.2 Å². The zero-order chi connectivity index (χ0) is 21.6. The first kappa shape index (κ1) is 20.5. The molecule has 0 atom stereocenters. The van der Waals surface area contributed by atoms with Crippen molar-refractivity contribution in [2.24, 2.45) is 0 Å². The van der Waals surface area contributed by atoms with Crippen molar-refractivity contribution in [2.45, 2.75) is 19.4 Å². The second-order valence-electron chi connectivity index (χ2n) is 7.15. The number of nitrogens with zero attached hydrogens (tertiary/aromatic N) is 2. The highest BCUT2D eigenvalue weighted by molar-refractivity contribution is 5.79. The Balaban J connectivity index is 1.45. The smallest absolute Gasteiger partial charge is 0.220 e. The van der Waals surface area contributed by atoms with Crippen molar-refractivity contribution in [3.63, 3.8) is 0 Å². The second-order valence-corrected chi connectivity index (χ2v) is 7.15. The average Bonchev–Trinajstić information content (AvgIpc) is 3.20. The molecule has 0 saturated heterocycles. The van der Waals surface area contributed by atoms with Gasteiger partial charge in [-0.25, -0.2) is 4.98 Å². The molecule has 0 aliphatic carbocycles. The lowest BCUT2D eigenvalue weighted by Gasteiger charge is -2.11. The van der Waals surface area contributed by atoms with E-state index in [1.807, 2.05) is 54.6 Å². The van der Waals surface area contributed by atoms with Gasteiger partial charge in [-0.2, -0.15) is 0 Å². The maximum Gasteiger partial charge on any atom is 0.220 e. The summed E-state index contributed by atoms with van der Waals surface area (Å²) in [5.74, 6) is 2.15. The number of carbonyl (C=O) groups excluding carboxylic acids is 1. The van der Waals surface area contributed by atoms with Crippen LogP contribution in [0.2, 0.25) is 0 Å². The van der Waals surface area contributed by atoms with Crippen molar-refractivity contribution < 1.29 is 14.3 Å². The van der Waals surface area contributed by atoms with Crippen LogP contribution in [-0.2, 0) is 17.8 Å². The number of hydrogen-bond donors (Lipinski definition) is 1. The molecule has 1 amide bonds. The molecule has 0 aliphatic heterocycles. The lowest BCUT2D eigenvalue weighted by atomic mass is 10.2. The molecule has 0 saturated carbocycles. The second kappa shape index (κ2) is 9.34. The Hall–Kier alpha value is -3.80. The number of nitrogens with one attached hydrogen (secondary N) is 1. The normalized spacial score (nSPS) is 10.8. The Labute approximate surface area is 181 Å². The molecule has 1 N–H and O–H groups in total. The molecule has 0 unspecified atom stereocenters. The molecule has 1 aromatic heterocycles. The molecule has 31 heavy (non-hydrogen) atoms. The zero-order valence-electron chi connectivity index (χ0n) is 17.7. The summed E-state index contributed by atoms with van der Waals surface area (Å²) in [5.41, 5.74) is 3.95. The van der Waals surface area contributed by atoms with Crippen molar-refractivity contribution >= 4 is 16.9 Å². The Morgan fingerprint density at radius 2 is 1.68 bits per heavy atom. The van der Waals surface area contributed by atoms with Gasteiger partial charge in [0.05, 0.1) is 25.3 Å². The third-order valence-electron chi connectivity index (χ3n) is 5.16. The minimum atomic E-state index is -0.0264. The Morgan fingerprint density at radius 3 is 2.45 bits per heavy atom. The molecular weight excluding hydrogens is 390 g/mol. The molecule has 0 bridgehead atoms. The van der Waals surface area contributed by atoms with Gasteiger partial charge < -0.3 is 14.8 Å². The van der Waals surface area contributed by atoms with Crippen molar-refractivity contribution in [1.82, 2.24) is 14.9 Å². The van der Waals surface area contributed by atoms with Crippen molar-refractivity contribution in [3.8, 4) is 17.2 Å². The van der Waals surface area contributed by atoms with Crippen LogP contribution in [0.15, 0.2) is 72.8 Å².